The average Bonchev–Trinajstić information content (AvgIpc) is 3.06. The molecule has 25 heavy (non-hydrogen) atoms. The lowest BCUT2D eigenvalue weighted by Crippen LogP contribution is -2.19. The second-order valence-corrected chi connectivity index (χ2v) is 5.94. The fourth-order valence-electron chi connectivity index (χ4n) is 2.33. The van der Waals surface area contributed by atoms with Gasteiger partial charge in [0.25, 0.3) is 0 Å². The quantitative estimate of drug-likeness (QED) is 0.679. The van der Waals surface area contributed by atoms with Crippen LogP contribution in [0, 0.1) is 0 Å². The summed E-state index contributed by atoms with van der Waals surface area (Å²) in [6.45, 7) is 2.17. The van der Waals surface area contributed by atoms with Crippen molar-refractivity contribution in [2.75, 3.05) is 12.2 Å². The van der Waals surface area contributed by atoms with E-state index in [1.54, 1.807) is 12.1 Å². The molecule has 0 unspecified atom stereocenters. The van der Waals surface area contributed by atoms with Gasteiger partial charge in [0.2, 0.25) is 6.79 Å². The smallest absolute Gasteiger partial charge is 0.337 e. The topological polar surface area (TPSA) is 79.8 Å². The van der Waals surface area contributed by atoms with Gasteiger partial charge in [-0.3, -0.25) is 0 Å². The Kier molecular flexibility index (Phi) is 5.00. The summed E-state index contributed by atoms with van der Waals surface area (Å²) in [7, 11) is 0. The Hall–Kier alpha value is -2.86. The second kappa shape index (κ2) is 7.36. The van der Waals surface area contributed by atoms with Crippen LogP contribution in [0.25, 0.3) is 0 Å². The van der Waals surface area contributed by atoms with Crippen molar-refractivity contribution in [1.29, 1.82) is 0 Å². The van der Waals surface area contributed by atoms with Gasteiger partial charge in [-0.1, -0.05) is 23.7 Å². The van der Waals surface area contributed by atoms with Gasteiger partial charge in [-0.2, -0.15) is 0 Å². The van der Waals surface area contributed by atoms with Crippen molar-refractivity contribution < 1.29 is 19.4 Å². The highest BCUT2D eigenvalue weighted by Gasteiger charge is 2.12. The number of hydrazine groups is 1. The number of benzene rings is 2. The first kappa shape index (κ1) is 17.0. The molecular formula is C18H17ClN2O4. The summed E-state index contributed by atoms with van der Waals surface area (Å²) in [6, 6.07) is 10.6. The third-order valence-electron chi connectivity index (χ3n) is 3.68. The van der Waals surface area contributed by atoms with Gasteiger partial charge < -0.3 is 25.4 Å². The Morgan fingerprint density at radius 1 is 1.24 bits per heavy atom. The maximum Gasteiger partial charge on any atom is 0.337 e. The normalized spacial score (nSPS) is 12.8. The summed E-state index contributed by atoms with van der Waals surface area (Å²) in [4.78, 5) is 11.1. The average molecular weight is 361 g/mol. The molecule has 0 fully saturated rings. The molecule has 3 rings (SSSR count). The summed E-state index contributed by atoms with van der Waals surface area (Å²) < 4.78 is 10.7. The largest absolute Gasteiger partial charge is 0.478 e. The van der Waals surface area contributed by atoms with Crippen LogP contribution >= 0.6 is 11.6 Å². The lowest BCUT2D eigenvalue weighted by molar-refractivity contribution is 0.0697. The van der Waals surface area contributed by atoms with Crippen LogP contribution in [-0.4, -0.2) is 17.9 Å². The van der Waals surface area contributed by atoms with E-state index in [1.807, 2.05) is 31.2 Å². The molecule has 1 heterocycles. The number of fused-ring (bicyclic) bond motifs is 1. The number of hydrogen-bond acceptors (Lipinski definition) is 5. The molecule has 0 spiro atoms. The van der Waals surface area contributed by atoms with Gasteiger partial charge in [-0.05, 0) is 49.2 Å². The molecule has 6 nitrogen and oxygen atoms in total. The standard InChI is InChI=1S/C18H17ClN2O4/c1-11(2-3-12-4-7-16-17(8-12)25-10-24-16)20-21-13-5-6-15(19)14(9-13)18(22)23/h2,4-9,20-21H,3,10H2,1H3,(H,22,23)/b11-2-. The molecule has 1 aliphatic heterocycles. The number of aromatic carboxylic acids is 1. The number of carboxylic acids is 1. The number of rotatable bonds is 6. The van der Waals surface area contributed by atoms with Crippen LogP contribution in [0.4, 0.5) is 5.69 Å². The predicted octanol–water partition coefficient (Wildman–Crippen LogP) is 3.83. The van der Waals surface area contributed by atoms with Crippen molar-refractivity contribution in [2.24, 2.45) is 0 Å². The van der Waals surface area contributed by atoms with Gasteiger partial charge in [0, 0.05) is 5.70 Å². The first-order valence-electron chi connectivity index (χ1n) is 7.63. The Labute approximate surface area is 150 Å². The first-order chi connectivity index (χ1) is 12.0. The van der Waals surface area contributed by atoms with E-state index >= 15 is 0 Å². The number of hydrogen-bond donors (Lipinski definition) is 3. The maximum absolute atomic E-state index is 11.1. The summed E-state index contributed by atoms with van der Waals surface area (Å²) in [5, 5.41) is 9.28. The molecule has 130 valence electrons. The van der Waals surface area contributed by atoms with Crippen LogP contribution in [0.2, 0.25) is 5.02 Å². The number of ether oxygens (including phenoxy) is 2. The molecule has 2 aromatic carbocycles. The van der Waals surface area contributed by atoms with Crippen molar-refractivity contribution in [3.8, 4) is 11.5 Å². The number of carboxylic acid groups (broad SMARTS) is 1. The molecule has 0 saturated heterocycles. The molecule has 0 aliphatic carbocycles. The molecule has 0 atom stereocenters. The van der Waals surface area contributed by atoms with Gasteiger partial charge in [0.15, 0.2) is 11.5 Å². The number of anilines is 1. The summed E-state index contributed by atoms with van der Waals surface area (Å²) in [5.41, 5.74) is 8.64. The number of carbonyl (C=O) groups is 1. The van der Waals surface area contributed by atoms with Gasteiger partial charge in [0.1, 0.15) is 0 Å². The number of allylic oxidation sites excluding steroid dienone is 2. The SMILES string of the molecule is C/C(=C/Cc1ccc2c(c1)OCO2)NNc1ccc(Cl)c(C(=O)O)c1. The van der Waals surface area contributed by atoms with Crippen molar-refractivity contribution in [2.45, 2.75) is 13.3 Å². The minimum Gasteiger partial charge on any atom is -0.478 e. The highest BCUT2D eigenvalue weighted by molar-refractivity contribution is 6.33. The molecule has 2 aromatic rings. The zero-order valence-corrected chi connectivity index (χ0v) is 14.3. The zero-order chi connectivity index (χ0) is 17.8. The number of halogens is 1. The molecule has 3 N–H and O–H groups in total. The van der Waals surface area contributed by atoms with Gasteiger partial charge in [-0.25, -0.2) is 4.79 Å². The Balaban J connectivity index is 1.59. The van der Waals surface area contributed by atoms with Crippen LogP contribution in [0.3, 0.4) is 0 Å². The Morgan fingerprint density at radius 2 is 2.04 bits per heavy atom. The van der Waals surface area contributed by atoms with Crippen molar-refractivity contribution >= 4 is 23.3 Å². The monoisotopic (exact) mass is 360 g/mol. The summed E-state index contributed by atoms with van der Waals surface area (Å²) in [6.07, 6.45) is 2.73. The molecular weight excluding hydrogens is 344 g/mol. The third kappa shape index (κ3) is 4.16. The van der Waals surface area contributed by atoms with E-state index in [4.69, 9.17) is 26.2 Å². The van der Waals surface area contributed by atoms with Crippen LogP contribution in [0.1, 0.15) is 22.8 Å². The van der Waals surface area contributed by atoms with E-state index < -0.39 is 5.97 Å². The maximum atomic E-state index is 11.1. The van der Waals surface area contributed by atoms with Crippen molar-refractivity contribution in [3.63, 3.8) is 0 Å². The van der Waals surface area contributed by atoms with Crippen molar-refractivity contribution in [3.05, 3.63) is 64.3 Å². The van der Waals surface area contributed by atoms with E-state index in [9.17, 15) is 4.79 Å². The van der Waals surface area contributed by atoms with Crippen LogP contribution in [0.5, 0.6) is 11.5 Å². The van der Waals surface area contributed by atoms with Crippen LogP contribution < -0.4 is 20.3 Å². The van der Waals surface area contributed by atoms with E-state index in [1.165, 1.54) is 6.07 Å². The molecule has 0 saturated carbocycles. The minimum absolute atomic E-state index is 0.0514. The molecule has 0 aromatic heterocycles. The van der Waals surface area contributed by atoms with Gasteiger partial charge in [0.05, 0.1) is 16.3 Å². The first-order valence-corrected chi connectivity index (χ1v) is 8.01. The molecule has 0 radical (unpaired) electrons. The highest BCUT2D eigenvalue weighted by atomic mass is 35.5. The highest BCUT2D eigenvalue weighted by Crippen LogP contribution is 2.32. The van der Waals surface area contributed by atoms with E-state index in [2.05, 4.69) is 10.9 Å². The predicted molar refractivity (Wildman–Crippen MR) is 95.2 cm³/mol. The second-order valence-electron chi connectivity index (χ2n) is 5.53. The fraction of sp³-hybridized carbons (Fsp3) is 0.167. The lowest BCUT2D eigenvalue weighted by atomic mass is 10.1. The molecule has 0 bridgehead atoms. The Bertz CT molecular complexity index is 836. The van der Waals surface area contributed by atoms with Gasteiger partial charge >= 0.3 is 5.97 Å². The number of nitrogens with one attached hydrogen (secondary N) is 2. The molecule has 1 aliphatic rings. The summed E-state index contributed by atoms with van der Waals surface area (Å²) >= 11 is 5.85. The van der Waals surface area contributed by atoms with Crippen molar-refractivity contribution in [1.82, 2.24) is 5.43 Å². The molecule has 0 amide bonds. The minimum atomic E-state index is -1.07. The van der Waals surface area contributed by atoms with Crippen LogP contribution in [0.15, 0.2) is 48.2 Å². The van der Waals surface area contributed by atoms with E-state index in [-0.39, 0.29) is 17.4 Å². The lowest BCUT2D eigenvalue weighted by Gasteiger charge is -2.11. The Morgan fingerprint density at radius 3 is 2.84 bits per heavy atom. The fourth-order valence-corrected chi connectivity index (χ4v) is 2.53. The van der Waals surface area contributed by atoms with Gasteiger partial charge in [-0.15, -0.1) is 0 Å². The molecule has 7 heteroatoms. The third-order valence-corrected chi connectivity index (χ3v) is 4.01. The van der Waals surface area contributed by atoms with Crippen LogP contribution in [-0.2, 0) is 6.42 Å². The van der Waals surface area contributed by atoms with E-state index in [0.717, 1.165) is 29.2 Å². The van der Waals surface area contributed by atoms with E-state index in [0.29, 0.717) is 5.69 Å². The summed E-state index contributed by atoms with van der Waals surface area (Å²) in [5.74, 6) is 0.460. The zero-order valence-electron chi connectivity index (χ0n) is 13.5.